The van der Waals surface area contributed by atoms with Gasteiger partial charge < -0.3 is 4.98 Å². The van der Waals surface area contributed by atoms with Crippen LogP contribution in [-0.4, -0.2) is 14.8 Å². The van der Waals surface area contributed by atoms with Gasteiger partial charge in [-0.1, -0.05) is 57.2 Å². The molecule has 2 aromatic heterocycles. The molecule has 0 aliphatic carbocycles. The van der Waals surface area contributed by atoms with Crippen molar-refractivity contribution in [1.82, 2.24) is 14.8 Å². The summed E-state index contributed by atoms with van der Waals surface area (Å²) in [7, 11) is 0. The van der Waals surface area contributed by atoms with Crippen LogP contribution in [0.3, 0.4) is 0 Å². The average molecular weight is 638 g/mol. The van der Waals surface area contributed by atoms with Gasteiger partial charge in [-0.15, -0.1) is 42.0 Å². The van der Waals surface area contributed by atoms with Crippen LogP contribution in [0.2, 0.25) is 0 Å². The first kappa shape index (κ1) is 23.4. The van der Waals surface area contributed by atoms with Crippen LogP contribution in [0.25, 0.3) is 28.1 Å². The Hall–Kier alpha value is -3.33. The van der Waals surface area contributed by atoms with E-state index in [0.717, 1.165) is 28.1 Å². The van der Waals surface area contributed by atoms with Crippen LogP contribution in [0.4, 0.5) is 0 Å². The molecule has 0 aliphatic heterocycles. The van der Waals surface area contributed by atoms with E-state index in [4.69, 9.17) is 2.74 Å². The van der Waals surface area contributed by atoms with E-state index in [9.17, 15) is 0 Å². The Balaban J connectivity index is 0.000000246. The summed E-state index contributed by atoms with van der Waals surface area (Å²) < 4.78 is 18.5. The number of para-hydroxylation sites is 1. The van der Waals surface area contributed by atoms with Gasteiger partial charge in [0.05, 0.1) is 6.20 Å². The molecular weight excluding hydrogens is 607 g/mol. The summed E-state index contributed by atoms with van der Waals surface area (Å²) in [6.45, 7) is 5.75. The summed E-state index contributed by atoms with van der Waals surface area (Å²) in [6.07, 6.45) is 4.18. The fraction of sp³-hybridized carbons (Fsp3) is 0.161. The molecule has 1 radical (unpaired) electrons. The Morgan fingerprint density at radius 1 is 0.829 bits per heavy atom. The molecule has 5 aromatic rings. The molecule has 4 heteroatoms. The van der Waals surface area contributed by atoms with E-state index in [-0.39, 0.29) is 20.1 Å². The minimum absolute atomic E-state index is 0. The number of aromatic nitrogens is 3. The van der Waals surface area contributed by atoms with E-state index < -0.39 is 11.8 Å². The predicted molar refractivity (Wildman–Crippen MR) is 140 cm³/mol. The van der Waals surface area contributed by atoms with E-state index >= 15 is 0 Å². The van der Waals surface area contributed by atoms with Gasteiger partial charge >= 0.3 is 0 Å². The summed E-state index contributed by atoms with van der Waals surface area (Å²) in [6, 6.07) is 35.3. The van der Waals surface area contributed by atoms with Gasteiger partial charge in [0, 0.05) is 40.8 Å². The van der Waals surface area contributed by atoms with Crippen LogP contribution in [0.15, 0.2) is 110 Å². The molecule has 0 amide bonds. The Labute approximate surface area is 225 Å². The standard InChI is InChI=1S/C20H21N2.C11H8N.Ir/c1-20(2,3)13-16-9-11-17(12-10-16)18-14-21-22(15-18)19-7-5-4-6-8-19;1-2-6-10(7-3-1)11-8-4-5-9-12-11;/h4-7,9-12,14-15H,13H2,1-3H3;1-6,8-9H;/q2*-1;/i13D2;;. The van der Waals surface area contributed by atoms with Gasteiger partial charge in [-0.3, -0.25) is 4.68 Å². The van der Waals surface area contributed by atoms with Crippen LogP contribution in [0.5, 0.6) is 0 Å². The first-order valence-corrected chi connectivity index (χ1v) is 11.3. The van der Waals surface area contributed by atoms with Crippen molar-refractivity contribution >= 4 is 0 Å². The van der Waals surface area contributed by atoms with Gasteiger partial charge in [0.15, 0.2) is 0 Å². The smallest absolute Gasteiger partial charge is 0.0571 e. The van der Waals surface area contributed by atoms with Crippen LogP contribution >= 0.6 is 0 Å². The van der Waals surface area contributed by atoms with E-state index in [1.165, 1.54) is 0 Å². The van der Waals surface area contributed by atoms with Crippen molar-refractivity contribution in [2.24, 2.45) is 5.41 Å². The fourth-order valence-electron chi connectivity index (χ4n) is 3.38. The van der Waals surface area contributed by atoms with E-state index in [0.29, 0.717) is 5.56 Å². The second-order valence-corrected chi connectivity index (χ2v) is 8.86. The second-order valence-electron chi connectivity index (χ2n) is 8.86. The van der Waals surface area contributed by atoms with Crippen molar-refractivity contribution in [3.8, 4) is 28.1 Å². The van der Waals surface area contributed by atoms with Crippen LogP contribution in [0, 0.1) is 17.5 Å². The molecule has 3 aromatic carbocycles. The number of benzene rings is 3. The Morgan fingerprint density at radius 3 is 2.14 bits per heavy atom. The Morgan fingerprint density at radius 2 is 1.54 bits per heavy atom. The first-order valence-electron chi connectivity index (χ1n) is 12.3. The van der Waals surface area contributed by atoms with Gasteiger partial charge in [-0.05, 0) is 40.4 Å². The minimum atomic E-state index is -1.38. The quantitative estimate of drug-likeness (QED) is 0.192. The van der Waals surface area contributed by atoms with E-state index in [1.54, 1.807) is 10.9 Å². The van der Waals surface area contributed by atoms with E-state index in [1.807, 2.05) is 124 Å². The zero-order valence-corrected chi connectivity index (χ0v) is 22.5. The number of hydrogen-bond acceptors (Lipinski definition) is 2. The molecule has 179 valence electrons. The van der Waals surface area contributed by atoms with Crippen molar-refractivity contribution < 1.29 is 22.8 Å². The zero-order chi connectivity index (χ0) is 25.6. The fourth-order valence-corrected chi connectivity index (χ4v) is 3.38. The van der Waals surface area contributed by atoms with Gasteiger partial charge in [0.2, 0.25) is 0 Å². The third-order valence-electron chi connectivity index (χ3n) is 4.91. The normalized spacial score (nSPS) is 11.9. The number of nitrogens with zero attached hydrogens (tertiary/aromatic N) is 3. The van der Waals surface area contributed by atoms with Crippen molar-refractivity contribution in [3.63, 3.8) is 0 Å². The first-order chi connectivity index (χ1) is 17.3. The largest absolute Gasteiger partial charge is 0.305 e. The molecule has 0 bridgehead atoms. The average Bonchev–Trinajstić information content (AvgIpc) is 3.41. The molecule has 5 rings (SSSR count). The molecule has 0 spiro atoms. The number of hydrogen-bond donors (Lipinski definition) is 0. The zero-order valence-electron chi connectivity index (χ0n) is 22.1. The monoisotopic (exact) mass is 638 g/mol. The molecule has 0 fully saturated rings. The summed E-state index contributed by atoms with van der Waals surface area (Å²) in [4.78, 5) is 4.22. The van der Waals surface area contributed by atoms with Gasteiger partial charge in [-0.2, -0.15) is 29.4 Å². The molecule has 0 atom stereocenters. The predicted octanol–water partition coefficient (Wildman–Crippen LogP) is 7.47. The maximum atomic E-state index is 8.36. The number of rotatable bonds is 4. The summed E-state index contributed by atoms with van der Waals surface area (Å²) in [5.74, 6) is 0. The molecule has 35 heavy (non-hydrogen) atoms. The molecule has 0 saturated heterocycles. The SMILES string of the molecule is [2H]C([2H])(c1ccc(-c2cnn(-c3[c-]cccc3)c2)cc1)C(C)(C)C.[Ir].[c-]1ccccc1-c1ccccn1. The topological polar surface area (TPSA) is 30.7 Å². The van der Waals surface area contributed by atoms with Crippen molar-refractivity contribution in [3.05, 3.63) is 127 Å². The third kappa shape index (κ3) is 7.85. The summed E-state index contributed by atoms with van der Waals surface area (Å²) >= 11 is 0. The summed E-state index contributed by atoms with van der Waals surface area (Å²) in [5, 5.41) is 4.38. The van der Waals surface area contributed by atoms with Crippen LogP contribution in [-0.2, 0) is 26.5 Å². The molecule has 3 nitrogen and oxygen atoms in total. The Bertz CT molecular complexity index is 1330. The van der Waals surface area contributed by atoms with Gasteiger partial charge in [0.25, 0.3) is 0 Å². The van der Waals surface area contributed by atoms with Gasteiger partial charge in [0.1, 0.15) is 0 Å². The van der Waals surface area contributed by atoms with Crippen molar-refractivity contribution in [2.45, 2.75) is 27.1 Å². The minimum Gasteiger partial charge on any atom is -0.305 e. The number of pyridine rings is 1. The molecular formula is C31H29IrN3-2. The van der Waals surface area contributed by atoms with E-state index in [2.05, 4.69) is 22.2 Å². The Kier molecular flexibility index (Phi) is 8.29. The third-order valence-corrected chi connectivity index (χ3v) is 4.91. The maximum absolute atomic E-state index is 8.36. The van der Waals surface area contributed by atoms with Crippen LogP contribution in [0.1, 0.15) is 29.1 Å². The summed E-state index contributed by atoms with van der Waals surface area (Å²) in [5.41, 5.74) is 5.16. The van der Waals surface area contributed by atoms with Crippen LogP contribution < -0.4 is 0 Å². The molecule has 0 saturated carbocycles. The van der Waals surface area contributed by atoms with Crippen molar-refractivity contribution in [1.29, 1.82) is 0 Å². The molecule has 0 N–H and O–H groups in total. The molecule has 0 aliphatic rings. The second kappa shape index (κ2) is 12.4. The van der Waals surface area contributed by atoms with Crippen molar-refractivity contribution in [2.75, 3.05) is 0 Å². The maximum Gasteiger partial charge on any atom is 0.0571 e. The van der Waals surface area contributed by atoms with Gasteiger partial charge in [-0.25, -0.2) is 0 Å². The molecule has 2 heterocycles. The molecule has 0 unspecified atom stereocenters.